The minimum Gasteiger partial charge on any atom is -0.508 e. The third kappa shape index (κ3) is 5.71. The van der Waals surface area contributed by atoms with Gasteiger partial charge in [-0.15, -0.1) is 0 Å². The van der Waals surface area contributed by atoms with Crippen molar-refractivity contribution in [3.63, 3.8) is 0 Å². The van der Waals surface area contributed by atoms with Crippen LogP contribution in [0.3, 0.4) is 0 Å². The molecule has 1 unspecified atom stereocenters. The zero-order valence-electron chi connectivity index (χ0n) is 10.7. The highest BCUT2D eigenvalue weighted by Crippen LogP contribution is 2.14. The number of phenols is 1. The van der Waals surface area contributed by atoms with Crippen LogP contribution in [0.2, 0.25) is 0 Å². The number of carbonyl (C=O) groups is 1. The normalized spacial score (nSPS) is 12.9. The zero-order valence-corrected chi connectivity index (χ0v) is 11.5. The average Bonchev–Trinajstić information content (AvgIpc) is 2.33. The Hall–Kier alpha value is -1.60. The first-order chi connectivity index (χ1) is 8.79. The molecule has 0 aliphatic rings. The number of amides is 1. The van der Waals surface area contributed by atoms with Gasteiger partial charge in [0.1, 0.15) is 15.6 Å². The highest BCUT2D eigenvalue weighted by molar-refractivity contribution is 7.90. The van der Waals surface area contributed by atoms with E-state index < -0.39 is 21.8 Å². The SMILES string of the molecule is CS(=O)(=O)CCC(N)C(=O)NCc1ccccc1O. The molecular weight excluding hydrogens is 268 g/mol. The number of hydrogen-bond donors (Lipinski definition) is 3. The van der Waals surface area contributed by atoms with Gasteiger partial charge in [-0.2, -0.15) is 0 Å². The molecule has 0 aliphatic heterocycles. The topological polar surface area (TPSA) is 109 Å². The maximum absolute atomic E-state index is 11.6. The molecule has 0 radical (unpaired) electrons. The van der Waals surface area contributed by atoms with Crippen molar-refractivity contribution in [1.29, 1.82) is 0 Å². The molecule has 7 heteroatoms. The molecular formula is C12H18N2O4S. The van der Waals surface area contributed by atoms with Crippen LogP contribution < -0.4 is 11.1 Å². The molecule has 1 aromatic rings. The van der Waals surface area contributed by atoms with Gasteiger partial charge in [0.2, 0.25) is 5.91 Å². The van der Waals surface area contributed by atoms with Crippen molar-refractivity contribution in [2.24, 2.45) is 5.73 Å². The Bertz CT molecular complexity index is 542. The molecule has 0 aliphatic carbocycles. The van der Waals surface area contributed by atoms with Crippen LogP contribution in [0.15, 0.2) is 24.3 Å². The number of benzene rings is 1. The summed E-state index contributed by atoms with van der Waals surface area (Å²) in [4.78, 5) is 11.6. The van der Waals surface area contributed by atoms with E-state index in [1.807, 2.05) is 0 Å². The number of nitrogens with two attached hydrogens (primary N) is 1. The molecule has 0 bridgehead atoms. The van der Waals surface area contributed by atoms with E-state index in [2.05, 4.69) is 5.32 Å². The molecule has 0 fully saturated rings. The van der Waals surface area contributed by atoms with E-state index in [4.69, 9.17) is 5.73 Å². The van der Waals surface area contributed by atoms with Crippen LogP contribution in [0.4, 0.5) is 0 Å². The molecule has 19 heavy (non-hydrogen) atoms. The zero-order chi connectivity index (χ0) is 14.5. The third-order valence-corrected chi connectivity index (χ3v) is 3.56. The lowest BCUT2D eigenvalue weighted by Crippen LogP contribution is -2.41. The van der Waals surface area contributed by atoms with Crippen molar-refractivity contribution in [3.8, 4) is 5.75 Å². The van der Waals surface area contributed by atoms with Crippen LogP contribution in [0.5, 0.6) is 5.75 Å². The first-order valence-electron chi connectivity index (χ1n) is 5.77. The summed E-state index contributed by atoms with van der Waals surface area (Å²) in [5, 5.41) is 12.1. The molecule has 106 valence electrons. The van der Waals surface area contributed by atoms with Crippen molar-refractivity contribution < 1.29 is 18.3 Å². The van der Waals surface area contributed by atoms with Crippen molar-refractivity contribution in [2.75, 3.05) is 12.0 Å². The summed E-state index contributed by atoms with van der Waals surface area (Å²) in [7, 11) is -3.13. The number of hydrogen-bond acceptors (Lipinski definition) is 5. The molecule has 6 nitrogen and oxygen atoms in total. The molecule has 0 saturated heterocycles. The van der Waals surface area contributed by atoms with Crippen LogP contribution in [0, 0.1) is 0 Å². The van der Waals surface area contributed by atoms with Gasteiger partial charge in [-0.1, -0.05) is 18.2 Å². The van der Waals surface area contributed by atoms with Crippen LogP contribution in [0.25, 0.3) is 0 Å². The van der Waals surface area contributed by atoms with Crippen LogP contribution in [0.1, 0.15) is 12.0 Å². The Kier molecular flexibility index (Phi) is 5.31. The number of para-hydroxylation sites is 1. The second-order valence-electron chi connectivity index (χ2n) is 4.37. The number of rotatable bonds is 6. The van der Waals surface area contributed by atoms with E-state index in [-0.39, 0.29) is 24.5 Å². The quantitative estimate of drug-likeness (QED) is 0.669. The van der Waals surface area contributed by atoms with E-state index in [0.717, 1.165) is 6.26 Å². The van der Waals surface area contributed by atoms with Crippen molar-refractivity contribution in [3.05, 3.63) is 29.8 Å². The number of phenolic OH excluding ortho intramolecular Hbond substituents is 1. The van der Waals surface area contributed by atoms with Gasteiger partial charge in [-0.05, 0) is 12.5 Å². The van der Waals surface area contributed by atoms with Gasteiger partial charge < -0.3 is 16.2 Å². The minimum absolute atomic E-state index is 0.0748. The Labute approximate surface area is 112 Å². The maximum atomic E-state index is 11.6. The Morgan fingerprint density at radius 3 is 2.63 bits per heavy atom. The van der Waals surface area contributed by atoms with E-state index in [1.165, 1.54) is 6.07 Å². The predicted molar refractivity (Wildman–Crippen MR) is 72.3 cm³/mol. The average molecular weight is 286 g/mol. The van der Waals surface area contributed by atoms with E-state index in [1.54, 1.807) is 18.2 Å². The Balaban J connectivity index is 2.45. The van der Waals surface area contributed by atoms with E-state index in [0.29, 0.717) is 5.56 Å². The fourth-order valence-corrected chi connectivity index (χ4v) is 2.13. The number of sulfone groups is 1. The van der Waals surface area contributed by atoms with Crippen LogP contribution in [-0.2, 0) is 21.2 Å². The molecule has 0 aromatic heterocycles. The van der Waals surface area contributed by atoms with Gasteiger partial charge in [0.05, 0.1) is 11.8 Å². The van der Waals surface area contributed by atoms with E-state index in [9.17, 15) is 18.3 Å². The second kappa shape index (κ2) is 6.53. The Morgan fingerprint density at radius 2 is 2.05 bits per heavy atom. The largest absolute Gasteiger partial charge is 0.508 e. The lowest BCUT2D eigenvalue weighted by atomic mass is 10.2. The van der Waals surface area contributed by atoms with Crippen molar-refractivity contribution in [2.45, 2.75) is 19.0 Å². The fraction of sp³-hybridized carbons (Fsp3) is 0.417. The molecule has 1 aromatic carbocycles. The molecule has 0 spiro atoms. The molecule has 0 heterocycles. The second-order valence-corrected chi connectivity index (χ2v) is 6.63. The monoisotopic (exact) mass is 286 g/mol. The van der Waals surface area contributed by atoms with Crippen LogP contribution in [-0.4, -0.2) is 37.5 Å². The number of nitrogens with one attached hydrogen (secondary N) is 1. The first-order valence-corrected chi connectivity index (χ1v) is 7.83. The number of carbonyl (C=O) groups excluding carboxylic acids is 1. The summed E-state index contributed by atoms with van der Waals surface area (Å²) in [6.45, 7) is 0.151. The van der Waals surface area contributed by atoms with Gasteiger partial charge in [-0.3, -0.25) is 4.79 Å². The molecule has 1 atom stereocenters. The minimum atomic E-state index is -3.13. The highest BCUT2D eigenvalue weighted by atomic mass is 32.2. The summed E-state index contributed by atoms with van der Waals surface area (Å²) in [5.74, 6) is -0.475. The van der Waals surface area contributed by atoms with Gasteiger partial charge in [0.15, 0.2) is 0 Å². The van der Waals surface area contributed by atoms with Gasteiger partial charge in [-0.25, -0.2) is 8.42 Å². The van der Waals surface area contributed by atoms with Crippen molar-refractivity contribution >= 4 is 15.7 Å². The van der Waals surface area contributed by atoms with Gasteiger partial charge in [0.25, 0.3) is 0 Å². The lowest BCUT2D eigenvalue weighted by Gasteiger charge is -2.12. The summed E-state index contributed by atoms with van der Waals surface area (Å²) >= 11 is 0. The fourth-order valence-electron chi connectivity index (χ4n) is 1.45. The summed E-state index contributed by atoms with van der Waals surface area (Å²) < 4.78 is 21.9. The van der Waals surface area contributed by atoms with Crippen molar-refractivity contribution in [1.82, 2.24) is 5.32 Å². The predicted octanol–water partition coefficient (Wildman–Crippen LogP) is -0.230. The summed E-state index contributed by atoms with van der Waals surface area (Å²) in [6, 6.07) is 5.74. The van der Waals surface area contributed by atoms with E-state index >= 15 is 0 Å². The van der Waals surface area contributed by atoms with Crippen LogP contribution >= 0.6 is 0 Å². The molecule has 0 saturated carbocycles. The summed E-state index contributed by atoms with van der Waals surface area (Å²) in [5.41, 5.74) is 6.16. The summed E-state index contributed by atoms with van der Waals surface area (Å²) in [6.07, 6.45) is 1.17. The number of aromatic hydroxyl groups is 1. The maximum Gasteiger partial charge on any atom is 0.237 e. The molecule has 4 N–H and O–H groups in total. The highest BCUT2D eigenvalue weighted by Gasteiger charge is 2.15. The molecule has 1 amide bonds. The first kappa shape index (κ1) is 15.5. The van der Waals surface area contributed by atoms with Gasteiger partial charge >= 0.3 is 0 Å². The molecule has 1 rings (SSSR count). The smallest absolute Gasteiger partial charge is 0.237 e. The Morgan fingerprint density at radius 1 is 1.42 bits per heavy atom. The van der Waals surface area contributed by atoms with Gasteiger partial charge in [0, 0.05) is 18.4 Å². The standard InChI is InChI=1S/C12H18N2O4S/c1-19(17,18)7-6-10(13)12(16)14-8-9-4-2-3-5-11(9)15/h2-5,10,15H,6-8,13H2,1H3,(H,14,16). The lowest BCUT2D eigenvalue weighted by molar-refractivity contribution is -0.122. The third-order valence-electron chi connectivity index (χ3n) is 2.58.